The van der Waals surface area contributed by atoms with E-state index in [1.807, 2.05) is 48.5 Å². The number of carbonyl (C=O) groups is 1. The highest BCUT2D eigenvalue weighted by Crippen LogP contribution is 2.25. The van der Waals surface area contributed by atoms with E-state index in [2.05, 4.69) is 16.3 Å². The summed E-state index contributed by atoms with van der Waals surface area (Å²) < 4.78 is 0. The van der Waals surface area contributed by atoms with E-state index in [0.29, 0.717) is 0 Å². The van der Waals surface area contributed by atoms with Crippen molar-refractivity contribution in [3.63, 3.8) is 0 Å². The lowest BCUT2D eigenvalue weighted by molar-refractivity contribution is -0.120. The van der Waals surface area contributed by atoms with Crippen molar-refractivity contribution in [2.75, 3.05) is 23.3 Å². The van der Waals surface area contributed by atoms with Crippen molar-refractivity contribution in [3.05, 3.63) is 60.2 Å². The van der Waals surface area contributed by atoms with Gasteiger partial charge in [0.15, 0.2) is 0 Å². The molecule has 0 bridgehead atoms. The van der Waals surface area contributed by atoms with E-state index in [4.69, 9.17) is 5.73 Å². The molecule has 1 saturated heterocycles. The Labute approximate surface area is 137 Å². The summed E-state index contributed by atoms with van der Waals surface area (Å²) in [5, 5.41) is 2.95. The molecule has 3 N–H and O–H groups in total. The molecule has 23 heavy (non-hydrogen) atoms. The van der Waals surface area contributed by atoms with Crippen molar-refractivity contribution in [2.45, 2.75) is 25.3 Å². The van der Waals surface area contributed by atoms with Gasteiger partial charge in [0.25, 0.3) is 0 Å². The van der Waals surface area contributed by atoms with E-state index in [1.165, 1.54) is 12.8 Å². The molecule has 0 radical (unpaired) electrons. The maximum absolute atomic E-state index is 12.6. The molecule has 2 aromatic carbocycles. The fourth-order valence-corrected chi connectivity index (χ4v) is 2.93. The zero-order valence-corrected chi connectivity index (χ0v) is 13.5. The number of benzene rings is 2. The molecule has 0 saturated carbocycles. The number of anilines is 2. The summed E-state index contributed by atoms with van der Waals surface area (Å²) in [5.74, 6) is -0.206. The molecule has 1 amide bonds. The second kappa shape index (κ2) is 6.42. The zero-order chi connectivity index (χ0) is 16.3. The second-order valence-electron chi connectivity index (χ2n) is 6.27. The van der Waals surface area contributed by atoms with Gasteiger partial charge in [0.1, 0.15) is 5.54 Å². The van der Waals surface area contributed by atoms with E-state index in [9.17, 15) is 4.79 Å². The maximum atomic E-state index is 12.6. The van der Waals surface area contributed by atoms with Crippen LogP contribution in [0.4, 0.5) is 11.4 Å². The van der Waals surface area contributed by atoms with Crippen molar-refractivity contribution < 1.29 is 4.79 Å². The fraction of sp³-hybridized carbons (Fsp3) is 0.316. The van der Waals surface area contributed by atoms with Gasteiger partial charge in [-0.1, -0.05) is 36.4 Å². The maximum Gasteiger partial charge on any atom is 0.248 e. The number of amides is 1. The average molecular weight is 309 g/mol. The molecule has 2 aromatic rings. The normalized spacial score (nSPS) is 16.9. The van der Waals surface area contributed by atoms with Gasteiger partial charge < -0.3 is 16.0 Å². The third kappa shape index (κ3) is 3.37. The van der Waals surface area contributed by atoms with Crippen LogP contribution in [-0.4, -0.2) is 19.0 Å². The van der Waals surface area contributed by atoms with Gasteiger partial charge in [0.2, 0.25) is 5.91 Å². The van der Waals surface area contributed by atoms with Crippen LogP contribution >= 0.6 is 0 Å². The van der Waals surface area contributed by atoms with E-state index >= 15 is 0 Å². The van der Waals surface area contributed by atoms with Gasteiger partial charge in [0, 0.05) is 24.5 Å². The molecule has 4 heteroatoms. The van der Waals surface area contributed by atoms with Crippen LogP contribution in [0.25, 0.3) is 0 Å². The van der Waals surface area contributed by atoms with Crippen LogP contribution in [0, 0.1) is 0 Å². The van der Waals surface area contributed by atoms with Crippen LogP contribution in [0.5, 0.6) is 0 Å². The van der Waals surface area contributed by atoms with Crippen LogP contribution in [0.2, 0.25) is 0 Å². The number of nitrogens with zero attached hydrogens (tertiary/aromatic N) is 1. The smallest absolute Gasteiger partial charge is 0.248 e. The highest BCUT2D eigenvalue weighted by molar-refractivity contribution is 5.98. The number of carbonyl (C=O) groups excluding carboxylic acids is 1. The lowest BCUT2D eigenvalue weighted by Crippen LogP contribution is -2.45. The first-order valence-corrected chi connectivity index (χ1v) is 8.08. The van der Waals surface area contributed by atoms with Gasteiger partial charge in [-0.05, 0) is 43.5 Å². The van der Waals surface area contributed by atoms with Crippen molar-refractivity contribution >= 4 is 17.3 Å². The number of hydrogen-bond donors (Lipinski definition) is 2. The van der Waals surface area contributed by atoms with Crippen molar-refractivity contribution in [1.82, 2.24) is 0 Å². The summed E-state index contributed by atoms with van der Waals surface area (Å²) in [7, 11) is 0. The van der Waals surface area contributed by atoms with E-state index in [1.54, 1.807) is 6.92 Å². The summed E-state index contributed by atoms with van der Waals surface area (Å²) in [4.78, 5) is 15.0. The second-order valence-corrected chi connectivity index (χ2v) is 6.27. The summed E-state index contributed by atoms with van der Waals surface area (Å²) in [6, 6.07) is 17.4. The van der Waals surface area contributed by atoms with Gasteiger partial charge in [-0.15, -0.1) is 0 Å². The topological polar surface area (TPSA) is 58.4 Å². The Balaban J connectivity index is 1.76. The number of rotatable bonds is 4. The first-order chi connectivity index (χ1) is 11.1. The molecular weight excluding hydrogens is 286 g/mol. The van der Waals surface area contributed by atoms with Crippen LogP contribution in [0.15, 0.2) is 54.6 Å². The first kappa shape index (κ1) is 15.6. The standard InChI is InChI=1S/C19H23N3O/c1-19(20,15-8-3-2-4-9-15)18(23)21-16-10-7-11-17(14-16)22-12-5-6-13-22/h2-4,7-11,14H,5-6,12-13,20H2,1H3,(H,21,23). The summed E-state index contributed by atoms with van der Waals surface area (Å²) in [6.07, 6.45) is 2.46. The summed E-state index contributed by atoms with van der Waals surface area (Å²) in [6.45, 7) is 3.90. The molecule has 1 aliphatic rings. The third-order valence-corrected chi connectivity index (χ3v) is 4.42. The molecule has 0 aromatic heterocycles. The molecule has 1 aliphatic heterocycles. The minimum absolute atomic E-state index is 0.206. The van der Waals surface area contributed by atoms with Gasteiger partial charge in [0.05, 0.1) is 0 Å². The number of hydrogen-bond acceptors (Lipinski definition) is 3. The zero-order valence-electron chi connectivity index (χ0n) is 13.5. The highest BCUT2D eigenvalue weighted by Gasteiger charge is 2.30. The molecule has 1 atom stereocenters. The van der Waals surface area contributed by atoms with Crippen LogP contribution < -0.4 is 16.0 Å². The Morgan fingerprint density at radius 3 is 2.48 bits per heavy atom. The minimum atomic E-state index is -1.06. The monoisotopic (exact) mass is 309 g/mol. The van der Waals surface area contributed by atoms with Crippen molar-refractivity contribution in [1.29, 1.82) is 0 Å². The van der Waals surface area contributed by atoms with E-state index in [0.717, 1.165) is 30.0 Å². The molecule has 1 heterocycles. The highest BCUT2D eigenvalue weighted by atomic mass is 16.2. The summed E-state index contributed by atoms with van der Waals surface area (Å²) >= 11 is 0. The minimum Gasteiger partial charge on any atom is -0.371 e. The van der Waals surface area contributed by atoms with Gasteiger partial charge in [-0.3, -0.25) is 4.79 Å². The van der Waals surface area contributed by atoms with Gasteiger partial charge >= 0.3 is 0 Å². The first-order valence-electron chi connectivity index (χ1n) is 8.08. The molecule has 0 aliphatic carbocycles. The molecule has 4 nitrogen and oxygen atoms in total. The Bertz CT molecular complexity index is 676. The lowest BCUT2D eigenvalue weighted by Gasteiger charge is -2.25. The number of nitrogens with two attached hydrogens (primary N) is 1. The van der Waals surface area contributed by atoms with Gasteiger partial charge in [-0.2, -0.15) is 0 Å². The van der Waals surface area contributed by atoms with Crippen LogP contribution in [0.1, 0.15) is 25.3 Å². The molecule has 120 valence electrons. The molecule has 3 rings (SSSR count). The van der Waals surface area contributed by atoms with E-state index in [-0.39, 0.29) is 5.91 Å². The van der Waals surface area contributed by atoms with Crippen LogP contribution in [0.3, 0.4) is 0 Å². The Morgan fingerprint density at radius 2 is 1.78 bits per heavy atom. The Kier molecular flexibility index (Phi) is 4.35. The molecule has 1 unspecified atom stereocenters. The van der Waals surface area contributed by atoms with Crippen molar-refractivity contribution in [3.8, 4) is 0 Å². The predicted molar refractivity (Wildman–Crippen MR) is 94.5 cm³/mol. The summed E-state index contributed by atoms with van der Waals surface area (Å²) in [5.41, 5.74) is 7.94. The Morgan fingerprint density at radius 1 is 1.09 bits per heavy atom. The third-order valence-electron chi connectivity index (χ3n) is 4.42. The SMILES string of the molecule is CC(N)(C(=O)Nc1cccc(N2CCCC2)c1)c1ccccc1. The molecule has 0 spiro atoms. The lowest BCUT2D eigenvalue weighted by atomic mass is 9.92. The average Bonchev–Trinajstić information content (AvgIpc) is 3.10. The van der Waals surface area contributed by atoms with E-state index < -0.39 is 5.54 Å². The number of nitrogens with one attached hydrogen (secondary N) is 1. The Hall–Kier alpha value is -2.33. The van der Waals surface area contributed by atoms with Gasteiger partial charge in [-0.25, -0.2) is 0 Å². The van der Waals surface area contributed by atoms with Crippen LogP contribution in [-0.2, 0) is 10.3 Å². The predicted octanol–water partition coefficient (Wildman–Crippen LogP) is 3.10. The largest absolute Gasteiger partial charge is 0.371 e. The quantitative estimate of drug-likeness (QED) is 0.912. The molecule has 1 fully saturated rings. The van der Waals surface area contributed by atoms with Crippen molar-refractivity contribution in [2.24, 2.45) is 5.73 Å². The fourth-order valence-electron chi connectivity index (χ4n) is 2.93. The molecular formula is C19H23N3O.